The van der Waals surface area contributed by atoms with Crippen LogP contribution in [0.25, 0.3) is 0 Å². The van der Waals surface area contributed by atoms with Crippen molar-refractivity contribution in [2.24, 2.45) is 11.8 Å². The van der Waals surface area contributed by atoms with Gasteiger partial charge in [0.2, 0.25) is 0 Å². The lowest BCUT2D eigenvalue weighted by atomic mass is 9.99. The van der Waals surface area contributed by atoms with Gasteiger partial charge in [0.05, 0.1) is 26.4 Å². The van der Waals surface area contributed by atoms with E-state index in [2.05, 4.69) is 41.5 Å². The van der Waals surface area contributed by atoms with Crippen molar-refractivity contribution in [1.82, 2.24) is 0 Å². The number of esters is 4. The lowest BCUT2D eigenvalue weighted by Crippen LogP contribution is -2.30. The van der Waals surface area contributed by atoms with Gasteiger partial charge in [0.1, 0.15) is 19.3 Å². The highest BCUT2D eigenvalue weighted by molar-refractivity contribution is 7.47. The second-order valence-electron chi connectivity index (χ2n) is 24.9. The Balaban J connectivity index is 5.15. The fourth-order valence-electron chi connectivity index (χ4n) is 10.0. The molecular formula is C67H130O17P2. The smallest absolute Gasteiger partial charge is 0.462 e. The van der Waals surface area contributed by atoms with Crippen LogP contribution in [0.3, 0.4) is 0 Å². The Morgan fingerprint density at radius 1 is 0.337 bits per heavy atom. The zero-order valence-electron chi connectivity index (χ0n) is 55.6. The van der Waals surface area contributed by atoms with Crippen LogP contribution in [0, 0.1) is 11.8 Å². The molecule has 6 atom stereocenters. The number of unbranched alkanes of at least 4 members (excludes halogenated alkanes) is 35. The third kappa shape index (κ3) is 59.7. The molecule has 0 fully saturated rings. The first-order valence-electron chi connectivity index (χ1n) is 35.0. The van der Waals surface area contributed by atoms with Crippen molar-refractivity contribution in [1.29, 1.82) is 0 Å². The van der Waals surface area contributed by atoms with Crippen molar-refractivity contribution in [3.8, 4) is 0 Å². The summed E-state index contributed by atoms with van der Waals surface area (Å²) in [4.78, 5) is 72.1. The summed E-state index contributed by atoms with van der Waals surface area (Å²) in [5.41, 5.74) is 0. The van der Waals surface area contributed by atoms with E-state index in [9.17, 15) is 43.2 Å². The van der Waals surface area contributed by atoms with Crippen LogP contribution < -0.4 is 0 Å². The fourth-order valence-corrected chi connectivity index (χ4v) is 11.6. The normalized spacial score (nSPS) is 14.5. The molecule has 0 saturated heterocycles. The lowest BCUT2D eigenvalue weighted by Gasteiger charge is -2.21. The Bertz CT molecular complexity index is 1690. The molecule has 0 bridgehead atoms. The van der Waals surface area contributed by atoms with E-state index in [1.54, 1.807) is 0 Å². The van der Waals surface area contributed by atoms with Gasteiger partial charge in [-0.1, -0.05) is 286 Å². The number of phosphoric acid groups is 2. The molecule has 3 N–H and O–H groups in total. The summed E-state index contributed by atoms with van der Waals surface area (Å²) in [6, 6.07) is 0. The molecule has 0 spiro atoms. The van der Waals surface area contributed by atoms with Gasteiger partial charge in [0.15, 0.2) is 12.2 Å². The zero-order chi connectivity index (χ0) is 63.6. The lowest BCUT2D eigenvalue weighted by molar-refractivity contribution is -0.161. The van der Waals surface area contributed by atoms with Crippen molar-refractivity contribution in [3.05, 3.63) is 0 Å². The van der Waals surface area contributed by atoms with Crippen molar-refractivity contribution < 1.29 is 80.2 Å². The average Bonchev–Trinajstić information content (AvgIpc) is 3.69. The molecule has 17 nitrogen and oxygen atoms in total. The van der Waals surface area contributed by atoms with Crippen LogP contribution in [0.5, 0.6) is 0 Å². The van der Waals surface area contributed by atoms with Gasteiger partial charge in [-0.05, 0) is 37.5 Å². The molecule has 0 rings (SSSR count). The molecule has 0 aromatic heterocycles. The van der Waals surface area contributed by atoms with Crippen LogP contribution in [0.4, 0.5) is 0 Å². The summed E-state index contributed by atoms with van der Waals surface area (Å²) in [7, 11) is -9.88. The molecule has 0 saturated carbocycles. The molecule has 86 heavy (non-hydrogen) atoms. The van der Waals surface area contributed by atoms with Gasteiger partial charge in [-0.2, -0.15) is 0 Å². The predicted molar refractivity (Wildman–Crippen MR) is 345 cm³/mol. The molecule has 0 aromatic rings. The van der Waals surface area contributed by atoms with E-state index in [4.69, 9.17) is 37.0 Å². The molecule has 0 amide bonds. The average molecular weight is 1270 g/mol. The maximum absolute atomic E-state index is 13.0. The Labute approximate surface area is 524 Å². The highest BCUT2D eigenvalue weighted by atomic mass is 31.2. The summed E-state index contributed by atoms with van der Waals surface area (Å²) < 4.78 is 67.9. The Morgan fingerprint density at radius 3 is 0.884 bits per heavy atom. The summed E-state index contributed by atoms with van der Waals surface area (Å²) >= 11 is 0. The van der Waals surface area contributed by atoms with Crippen LogP contribution >= 0.6 is 15.6 Å². The topological polar surface area (TPSA) is 237 Å². The number of carbonyl (C=O) groups is 4. The molecule has 0 aliphatic heterocycles. The molecular weight excluding hydrogens is 1140 g/mol. The van der Waals surface area contributed by atoms with E-state index in [0.717, 1.165) is 108 Å². The molecule has 19 heteroatoms. The van der Waals surface area contributed by atoms with Crippen LogP contribution in [-0.2, 0) is 65.4 Å². The maximum atomic E-state index is 13.0. The van der Waals surface area contributed by atoms with E-state index in [1.807, 2.05) is 0 Å². The standard InChI is InChI=1S/C67H130O17P2/c1-7-10-12-14-15-16-22-26-33-39-45-51-66(71)83-62(55-77-64(69)49-43-35-13-11-8-2)57-81-85(73,74)79-53-61(68)54-80-86(75,76)82-58-63(56-78-65(70)50-44-38-32-29-28-31-37-42-48-60(6)9-3)84-67(72)52-46-40-34-27-24-21-19-17-18-20-23-25-30-36-41-47-59(4)5/h59-63,68H,7-58H2,1-6H3,(H,73,74)(H,75,76)/t60?,61-,62+,63+/m0/s1. The highest BCUT2D eigenvalue weighted by Crippen LogP contribution is 2.45. The molecule has 0 heterocycles. The van der Waals surface area contributed by atoms with E-state index >= 15 is 0 Å². The minimum Gasteiger partial charge on any atom is -0.462 e. The molecule has 0 aliphatic rings. The van der Waals surface area contributed by atoms with Crippen LogP contribution in [0.2, 0.25) is 0 Å². The summed E-state index contributed by atoms with van der Waals surface area (Å²) in [6.07, 6.45) is 43.3. The third-order valence-corrected chi connectivity index (χ3v) is 17.7. The number of phosphoric ester groups is 2. The first-order valence-corrected chi connectivity index (χ1v) is 38.0. The third-order valence-electron chi connectivity index (χ3n) is 15.8. The number of hydrogen-bond acceptors (Lipinski definition) is 15. The number of aliphatic hydroxyl groups is 1. The minimum absolute atomic E-state index is 0.106. The van der Waals surface area contributed by atoms with Gasteiger partial charge < -0.3 is 33.8 Å². The maximum Gasteiger partial charge on any atom is 0.472 e. The Morgan fingerprint density at radius 2 is 0.593 bits per heavy atom. The molecule has 0 aliphatic carbocycles. The second kappa shape index (κ2) is 59.4. The molecule has 0 aromatic carbocycles. The number of hydrogen-bond donors (Lipinski definition) is 3. The quantitative estimate of drug-likeness (QED) is 0.0222. The monoisotopic (exact) mass is 1270 g/mol. The second-order valence-corrected chi connectivity index (χ2v) is 27.8. The number of aliphatic hydroxyl groups excluding tert-OH is 1. The minimum atomic E-state index is -4.95. The first kappa shape index (κ1) is 84.1. The fraction of sp³-hybridized carbons (Fsp3) is 0.940. The van der Waals surface area contributed by atoms with Gasteiger partial charge in [-0.15, -0.1) is 0 Å². The van der Waals surface area contributed by atoms with Crippen molar-refractivity contribution in [3.63, 3.8) is 0 Å². The Hall–Kier alpha value is -1.94. The molecule has 510 valence electrons. The summed E-state index contributed by atoms with van der Waals surface area (Å²) in [5.74, 6) is -0.559. The van der Waals surface area contributed by atoms with Gasteiger partial charge >= 0.3 is 39.5 Å². The van der Waals surface area contributed by atoms with Crippen molar-refractivity contribution >= 4 is 39.5 Å². The van der Waals surface area contributed by atoms with Gasteiger partial charge in [-0.3, -0.25) is 37.3 Å². The van der Waals surface area contributed by atoms with Crippen LogP contribution in [0.1, 0.15) is 337 Å². The number of rotatable bonds is 66. The summed E-state index contributed by atoms with van der Waals surface area (Å²) in [6.45, 7) is 9.46. The first-order chi connectivity index (χ1) is 41.4. The van der Waals surface area contributed by atoms with E-state index in [0.29, 0.717) is 25.7 Å². The molecule has 0 radical (unpaired) electrons. The van der Waals surface area contributed by atoms with Crippen molar-refractivity contribution in [2.45, 2.75) is 355 Å². The van der Waals surface area contributed by atoms with Crippen LogP contribution in [0.15, 0.2) is 0 Å². The number of carbonyl (C=O) groups excluding carboxylic acids is 4. The van der Waals surface area contributed by atoms with Gasteiger partial charge in [0.25, 0.3) is 0 Å². The Kier molecular flexibility index (Phi) is 58.0. The van der Waals surface area contributed by atoms with Crippen molar-refractivity contribution in [2.75, 3.05) is 39.6 Å². The highest BCUT2D eigenvalue weighted by Gasteiger charge is 2.30. The molecule has 3 unspecified atom stereocenters. The van der Waals surface area contributed by atoms with Crippen LogP contribution in [-0.4, -0.2) is 96.7 Å². The largest absolute Gasteiger partial charge is 0.472 e. The zero-order valence-corrected chi connectivity index (χ0v) is 57.4. The van der Waals surface area contributed by atoms with E-state index < -0.39 is 97.5 Å². The van der Waals surface area contributed by atoms with Gasteiger partial charge in [-0.25, -0.2) is 9.13 Å². The summed E-state index contributed by atoms with van der Waals surface area (Å²) in [5, 5.41) is 10.5. The van der Waals surface area contributed by atoms with E-state index in [-0.39, 0.29) is 25.7 Å². The predicted octanol–water partition coefficient (Wildman–Crippen LogP) is 18.8. The SMILES string of the molecule is CCCCCCCCCCCCCC(=O)O[C@H](COC(=O)CCCCCCC)COP(=O)(O)OC[C@H](O)COP(=O)(O)OC[C@@H](COC(=O)CCCCCCCCCCC(C)CC)OC(=O)CCCCCCCCCCCCCCCCCC(C)C. The van der Waals surface area contributed by atoms with Gasteiger partial charge in [0, 0.05) is 25.7 Å². The number of ether oxygens (including phenoxy) is 4. The van der Waals surface area contributed by atoms with E-state index in [1.165, 1.54) is 148 Å².